The Labute approximate surface area is 69.1 Å². The van der Waals surface area contributed by atoms with Crippen molar-refractivity contribution in [3.8, 4) is 0 Å². The van der Waals surface area contributed by atoms with Gasteiger partial charge in [-0.2, -0.15) is 0 Å². The van der Waals surface area contributed by atoms with Crippen LogP contribution in [0.4, 0.5) is 4.79 Å². The minimum atomic E-state index is -0.956. The number of aliphatic hydroxyl groups is 1. The summed E-state index contributed by atoms with van der Waals surface area (Å²) in [6.45, 7) is 0.282. The highest BCUT2D eigenvalue weighted by molar-refractivity contribution is 5.86. The molecule has 1 heterocycles. The maximum absolute atomic E-state index is 10.7. The maximum Gasteiger partial charge on any atom is 0.315 e. The van der Waals surface area contributed by atoms with E-state index >= 15 is 0 Å². The van der Waals surface area contributed by atoms with Crippen LogP contribution < -0.4 is 11.5 Å². The minimum Gasteiger partial charge on any atom is -0.390 e. The molecule has 3 amide bonds. The van der Waals surface area contributed by atoms with Crippen LogP contribution in [0.15, 0.2) is 0 Å². The van der Waals surface area contributed by atoms with Crippen molar-refractivity contribution >= 4 is 11.9 Å². The van der Waals surface area contributed by atoms with Crippen molar-refractivity contribution in [1.29, 1.82) is 0 Å². The Balaban J connectivity index is 2.77. The lowest BCUT2D eigenvalue weighted by atomic mass is 10.1. The summed E-state index contributed by atoms with van der Waals surface area (Å²) in [6.07, 6.45) is -0.536. The zero-order valence-corrected chi connectivity index (χ0v) is 6.43. The second kappa shape index (κ2) is 2.98. The van der Waals surface area contributed by atoms with E-state index in [1.54, 1.807) is 0 Å². The van der Waals surface area contributed by atoms with Crippen molar-refractivity contribution in [2.75, 3.05) is 6.54 Å². The molecule has 68 valence electrons. The van der Waals surface area contributed by atoms with Crippen molar-refractivity contribution in [2.45, 2.75) is 18.6 Å². The molecule has 1 rings (SSSR count). The van der Waals surface area contributed by atoms with E-state index in [0.717, 1.165) is 4.90 Å². The first-order valence-electron chi connectivity index (χ1n) is 3.57. The summed E-state index contributed by atoms with van der Waals surface area (Å²) in [5, 5.41) is 9.23. The third-order valence-corrected chi connectivity index (χ3v) is 1.94. The zero-order chi connectivity index (χ0) is 9.30. The number of carbonyl (C=O) groups excluding carboxylic acids is 2. The van der Waals surface area contributed by atoms with Gasteiger partial charge in [0.25, 0.3) is 0 Å². The summed E-state index contributed by atoms with van der Waals surface area (Å²) in [7, 11) is 0. The molecule has 0 aromatic heterocycles. The summed E-state index contributed by atoms with van der Waals surface area (Å²) in [6, 6.07) is -1.68. The van der Waals surface area contributed by atoms with E-state index in [2.05, 4.69) is 0 Å². The number of nitrogens with two attached hydrogens (primary N) is 2. The molecule has 0 spiro atoms. The molecule has 1 fully saturated rings. The third-order valence-electron chi connectivity index (χ3n) is 1.94. The van der Waals surface area contributed by atoms with E-state index in [9.17, 15) is 14.7 Å². The molecular weight excluding hydrogens is 162 g/mol. The number of hydrogen-bond donors (Lipinski definition) is 3. The highest BCUT2D eigenvalue weighted by Gasteiger charge is 2.38. The summed E-state index contributed by atoms with van der Waals surface area (Å²) in [5.41, 5.74) is 9.92. The SMILES string of the molecule is NC(=O)C1C(O)CCN1C(N)=O. The van der Waals surface area contributed by atoms with Gasteiger partial charge < -0.3 is 21.5 Å². The predicted molar refractivity (Wildman–Crippen MR) is 39.9 cm³/mol. The van der Waals surface area contributed by atoms with Gasteiger partial charge in [-0.25, -0.2) is 4.79 Å². The number of urea groups is 1. The number of hydrogen-bond acceptors (Lipinski definition) is 3. The highest BCUT2D eigenvalue weighted by atomic mass is 16.3. The van der Waals surface area contributed by atoms with Crippen LogP contribution >= 0.6 is 0 Å². The third kappa shape index (κ3) is 1.33. The van der Waals surface area contributed by atoms with Crippen LogP contribution in [0.5, 0.6) is 0 Å². The first kappa shape index (κ1) is 8.79. The van der Waals surface area contributed by atoms with E-state index < -0.39 is 24.1 Å². The minimum absolute atomic E-state index is 0.282. The van der Waals surface area contributed by atoms with Crippen LogP contribution in [0, 0.1) is 0 Å². The van der Waals surface area contributed by atoms with Crippen LogP contribution in [0.1, 0.15) is 6.42 Å². The Bertz CT molecular complexity index is 218. The van der Waals surface area contributed by atoms with Crippen LogP contribution in [-0.4, -0.2) is 40.6 Å². The number of likely N-dealkylation sites (tertiary alicyclic amines) is 1. The van der Waals surface area contributed by atoms with Gasteiger partial charge in [0.1, 0.15) is 6.04 Å². The zero-order valence-electron chi connectivity index (χ0n) is 6.43. The van der Waals surface area contributed by atoms with Crippen LogP contribution in [0.25, 0.3) is 0 Å². The first-order chi connectivity index (χ1) is 5.54. The monoisotopic (exact) mass is 173 g/mol. The molecule has 1 aliphatic rings. The van der Waals surface area contributed by atoms with E-state index in [1.165, 1.54) is 0 Å². The molecule has 0 aromatic rings. The van der Waals surface area contributed by atoms with Crippen LogP contribution in [0.3, 0.4) is 0 Å². The lowest BCUT2D eigenvalue weighted by molar-refractivity contribution is -0.123. The predicted octanol–water partition coefficient (Wildman–Crippen LogP) is -2.01. The van der Waals surface area contributed by atoms with Crippen molar-refractivity contribution in [3.63, 3.8) is 0 Å². The van der Waals surface area contributed by atoms with E-state index in [0.29, 0.717) is 6.42 Å². The first-order valence-corrected chi connectivity index (χ1v) is 3.57. The lowest BCUT2D eigenvalue weighted by Crippen LogP contribution is -2.50. The van der Waals surface area contributed by atoms with Crippen molar-refractivity contribution in [3.05, 3.63) is 0 Å². The van der Waals surface area contributed by atoms with Gasteiger partial charge in [0.05, 0.1) is 6.10 Å². The van der Waals surface area contributed by atoms with Crippen molar-refractivity contribution in [1.82, 2.24) is 4.90 Å². The van der Waals surface area contributed by atoms with Crippen molar-refractivity contribution < 1.29 is 14.7 Å². The molecule has 1 aliphatic heterocycles. The molecule has 12 heavy (non-hydrogen) atoms. The Morgan fingerprint density at radius 2 is 2.00 bits per heavy atom. The average Bonchev–Trinajstić information content (AvgIpc) is 2.30. The van der Waals surface area contributed by atoms with Gasteiger partial charge in [-0.15, -0.1) is 0 Å². The molecule has 0 bridgehead atoms. The molecule has 0 aliphatic carbocycles. The number of nitrogens with zero attached hydrogens (tertiary/aromatic N) is 1. The molecule has 5 N–H and O–H groups in total. The van der Waals surface area contributed by atoms with Gasteiger partial charge in [0, 0.05) is 6.54 Å². The van der Waals surface area contributed by atoms with Gasteiger partial charge in [0.2, 0.25) is 5.91 Å². The second-order valence-corrected chi connectivity index (χ2v) is 2.73. The molecule has 0 radical (unpaired) electrons. The quantitative estimate of drug-likeness (QED) is 0.426. The largest absolute Gasteiger partial charge is 0.390 e. The molecular formula is C6H11N3O3. The topological polar surface area (TPSA) is 110 Å². The lowest BCUT2D eigenvalue weighted by Gasteiger charge is -2.20. The summed E-state index contributed by atoms with van der Waals surface area (Å²) >= 11 is 0. The maximum atomic E-state index is 10.7. The summed E-state index contributed by atoms with van der Waals surface area (Å²) in [4.78, 5) is 22.5. The van der Waals surface area contributed by atoms with Gasteiger partial charge in [-0.1, -0.05) is 0 Å². The van der Waals surface area contributed by atoms with Gasteiger partial charge >= 0.3 is 6.03 Å². The molecule has 2 atom stereocenters. The Hall–Kier alpha value is -1.30. The summed E-state index contributed by atoms with van der Waals surface area (Å²) in [5.74, 6) is -0.723. The second-order valence-electron chi connectivity index (χ2n) is 2.73. The van der Waals surface area contributed by atoms with Crippen molar-refractivity contribution in [2.24, 2.45) is 11.5 Å². The van der Waals surface area contributed by atoms with E-state index in [4.69, 9.17) is 11.5 Å². The Morgan fingerprint density at radius 3 is 2.33 bits per heavy atom. The fourth-order valence-electron chi connectivity index (χ4n) is 1.37. The van der Waals surface area contributed by atoms with Crippen LogP contribution in [-0.2, 0) is 4.79 Å². The Kier molecular flexibility index (Phi) is 2.18. The number of amides is 3. The number of aliphatic hydroxyl groups excluding tert-OH is 1. The average molecular weight is 173 g/mol. The molecule has 0 aromatic carbocycles. The number of primary amides is 2. The number of rotatable bonds is 1. The van der Waals surface area contributed by atoms with Crippen LogP contribution in [0.2, 0.25) is 0 Å². The molecule has 6 nitrogen and oxygen atoms in total. The van der Waals surface area contributed by atoms with E-state index in [1.807, 2.05) is 0 Å². The standard InChI is InChI=1S/C6H11N3O3/c7-5(11)4-3(10)1-2-9(4)6(8)12/h3-4,10H,1-2H2,(H2,7,11)(H2,8,12). The fraction of sp³-hybridized carbons (Fsp3) is 0.667. The molecule has 0 saturated carbocycles. The molecule has 6 heteroatoms. The van der Waals surface area contributed by atoms with Gasteiger partial charge in [-0.05, 0) is 6.42 Å². The fourth-order valence-corrected chi connectivity index (χ4v) is 1.37. The highest BCUT2D eigenvalue weighted by Crippen LogP contribution is 2.16. The van der Waals surface area contributed by atoms with E-state index in [-0.39, 0.29) is 6.54 Å². The number of carbonyl (C=O) groups is 2. The van der Waals surface area contributed by atoms with Gasteiger partial charge in [0.15, 0.2) is 0 Å². The molecule has 1 saturated heterocycles. The smallest absolute Gasteiger partial charge is 0.315 e. The molecule has 2 unspecified atom stereocenters. The normalized spacial score (nSPS) is 28.9. The van der Waals surface area contributed by atoms with Gasteiger partial charge in [-0.3, -0.25) is 4.79 Å². The Morgan fingerprint density at radius 1 is 1.42 bits per heavy atom. The summed E-state index contributed by atoms with van der Waals surface area (Å²) < 4.78 is 0.